The molecule has 0 saturated heterocycles. The van der Waals surface area contributed by atoms with Crippen molar-refractivity contribution < 1.29 is 17.9 Å². The van der Waals surface area contributed by atoms with Gasteiger partial charge in [-0.1, -0.05) is 17.7 Å². The van der Waals surface area contributed by atoms with E-state index in [9.17, 15) is 13.2 Å². The fourth-order valence-electron chi connectivity index (χ4n) is 2.01. The van der Waals surface area contributed by atoms with Crippen LogP contribution >= 0.6 is 22.9 Å². The quantitative estimate of drug-likeness (QED) is 0.283. The van der Waals surface area contributed by atoms with Crippen LogP contribution in [0.15, 0.2) is 76.0 Å². The van der Waals surface area contributed by atoms with E-state index in [0.29, 0.717) is 21.2 Å². The maximum absolute atomic E-state index is 12.1. The van der Waals surface area contributed by atoms with E-state index in [4.69, 9.17) is 16.3 Å². The molecule has 138 valence electrons. The average molecular weight is 421 g/mol. The van der Waals surface area contributed by atoms with Crippen LogP contribution in [0.3, 0.4) is 0 Å². The Morgan fingerprint density at radius 1 is 1.07 bits per heavy atom. The van der Waals surface area contributed by atoms with Crippen molar-refractivity contribution in [2.45, 2.75) is 4.90 Å². The van der Waals surface area contributed by atoms with Crippen molar-refractivity contribution in [3.8, 4) is 5.75 Å². The molecule has 0 aliphatic rings. The fourth-order valence-corrected chi connectivity index (χ4v) is 3.53. The number of thiophene rings is 1. The first kappa shape index (κ1) is 19.1. The van der Waals surface area contributed by atoms with Crippen molar-refractivity contribution >= 4 is 45.1 Å². The van der Waals surface area contributed by atoms with Crippen molar-refractivity contribution in [1.82, 2.24) is 4.83 Å². The van der Waals surface area contributed by atoms with Gasteiger partial charge < -0.3 is 4.74 Å². The zero-order valence-electron chi connectivity index (χ0n) is 13.7. The standard InChI is InChI=1S/C18H13ClN2O4S2/c19-14-5-9-16(10-6-14)27(23,24)21-20-12-13-3-7-15(8-4-13)25-18(22)17-2-1-11-26-17/h1-12,21H/b20-12+. The van der Waals surface area contributed by atoms with E-state index < -0.39 is 16.0 Å². The van der Waals surface area contributed by atoms with Gasteiger partial charge in [-0.2, -0.15) is 13.5 Å². The van der Waals surface area contributed by atoms with Crippen molar-refractivity contribution in [1.29, 1.82) is 0 Å². The zero-order chi connectivity index (χ0) is 19.3. The third-order valence-corrected chi connectivity index (χ3v) is 5.66. The van der Waals surface area contributed by atoms with Crippen LogP contribution in [0.5, 0.6) is 5.75 Å². The third kappa shape index (κ3) is 5.16. The summed E-state index contributed by atoms with van der Waals surface area (Å²) in [5.74, 6) is -0.0468. The monoisotopic (exact) mass is 420 g/mol. The van der Waals surface area contributed by atoms with Gasteiger partial charge in [0, 0.05) is 5.02 Å². The van der Waals surface area contributed by atoms with Gasteiger partial charge in [-0.15, -0.1) is 11.3 Å². The molecule has 6 nitrogen and oxygen atoms in total. The second-order valence-electron chi connectivity index (χ2n) is 5.24. The number of sulfonamides is 1. The molecule has 0 radical (unpaired) electrons. The molecule has 0 saturated carbocycles. The first-order valence-electron chi connectivity index (χ1n) is 7.60. The largest absolute Gasteiger partial charge is 0.422 e. The van der Waals surface area contributed by atoms with Crippen LogP contribution in [0, 0.1) is 0 Å². The molecule has 0 spiro atoms. The molecular weight excluding hydrogens is 408 g/mol. The van der Waals surface area contributed by atoms with Crippen molar-refractivity contribution in [2.75, 3.05) is 0 Å². The molecule has 2 aromatic carbocycles. The molecule has 0 atom stereocenters. The number of nitrogens with zero attached hydrogens (tertiary/aromatic N) is 1. The summed E-state index contributed by atoms with van der Waals surface area (Å²) in [6.07, 6.45) is 1.35. The van der Waals surface area contributed by atoms with Crippen LogP contribution in [-0.2, 0) is 10.0 Å². The number of hydrogen-bond acceptors (Lipinski definition) is 6. The van der Waals surface area contributed by atoms with Crippen molar-refractivity contribution in [2.24, 2.45) is 5.10 Å². The van der Waals surface area contributed by atoms with Gasteiger partial charge in [-0.05, 0) is 65.5 Å². The van der Waals surface area contributed by atoms with Gasteiger partial charge in [-0.3, -0.25) is 0 Å². The maximum Gasteiger partial charge on any atom is 0.353 e. The number of rotatable bonds is 6. The molecule has 1 heterocycles. The molecule has 1 N–H and O–H groups in total. The summed E-state index contributed by atoms with van der Waals surface area (Å²) in [5.41, 5.74) is 0.629. The minimum atomic E-state index is -3.77. The number of carbonyl (C=O) groups is 1. The predicted octanol–water partition coefficient (Wildman–Crippen LogP) is 3.93. The van der Waals surface area contributed by atoms with Crippen LogP contribution in [0.2, 0.25) is 5.02 Å². The lowest BCUT2D eigenvalue weighted by Crippen LogP contribution is -2.18. The molecular formula is C18H13ClN2O4S2. The summed E-state index contributed by atoms with van der Waals surface area (Å²) in [5, 5.41) is 5.98. The Balaban J connectivity index is 1.60. The Bertz CT molecular complexity index is 1050. The van der Waals surface area contributed by atoms with Crippen LogP contribution in [-0.4, -0.2) is 20.6 Å². The Kier molecular flexibility index (Phi) is 5.90. The number of halogens is 1. The smallest absolute Gasteiger partial charge is 0.353 e. The van der Waals surface area contributed by atoms with Gasteiger partial charge in [0.2, 0.25) is 0 Å². The fraction of sp³-hybridized carbons (Fsp3) is 0. The number of carbonyl (C=O) groups excluding carboxylic acids is 1. The Hall–Kier alpha value is -2.68. The number of benzene rings is 2. The summed E-state index contributed by atoms with van der Waals surface area (Å²) < 4.78 is 29.4. The van der Waals surface area contributed by atoms with Crippen LogP contribution in [0.4, 0.5) is 0 Å². The first-order chi connectivity index (χ1) is 12.9. The normalized spacial score (nSPS) is 11.4. The number of esters is 1. The highest BCUT2D eigenvalue weighted by Crippen LogP contribution is 2.16. The lowest BCUT2D eigenvalue weighted by atomic mass is 10.2. The Labute approximate surface area is 165 Å². The molecule has 0 bridgehead atoms. The zero-order valence-corrected chi connectivity index (χ0v) is 16.1. The van der Waals surface area contributed by atoms with Crippen molar-refractivity contribution in [3.05, 3.63) is 81.5 Å². The van der Waals surface area contributed by atoms with E-state index in [-0.39, 0.29) is 4.90 Å². The molecule has 0 amide bonds. The predicted molar refractivity (Wildman–Crippen MR) is 105 cm³/mol. The van der Waals surface area contributed by atoms with E-state index in [0.717, 1.165) is 0 Å². The first-order valence-corrected chi connectivity index (χ1v) is 10.3. The molecule has 9 heteroatoms. The van der Waals surface area contributed by atoms with Gasteiger partial charge in [0.25, 0.3) is 10.0 Å². The minimum absolute atomic E-state index is 0.0555. The molecule has 0 aliphatic carbocycles. The molecule has 1 aromatic heterocycles. The Morgan fingerprint density at radius 3 is 2.41 bits per heavy atom. The minimum Gasteiger partial charge on any atom is -0.422 e. The molecule has 27 heavy (non-hydrogen) atoms. The molecule has 3 aromatic rings. The van der Waals surface area contributed by atoms with Crippen LogP contribution in [0.1, 0.15) is 15.2 Å². The van der Waals surface area contributed by atoms with E-state index in [1.165, 1.54) is 41.8 Å². The summed E-state index contributed by atoms with van der Waals surface area (Å²) in [4.78, 5) is 14.6. The summed E-state index contributed by atoms with van der Waals surface area (Å²) in [6, 6.07) is 15.7. The topological polar surface area (TPSA) is 84.8 Å². The lowest BCUT2D eigenvalue weighted by molar-refractivity contribution is 0.0740. The molecule has 3 rings (SSSR count). The number of nitrogens with one attached hydrogen (secondary N) is 1. The van der Waals surface area contributed by atoms with E-state index in [2.05, 4.69) is 9.93 Å². The molecule has 0 unspecified atom stereocenters. The number of ether oxygens (including phenoxy) is 1. The lowest BCUT2D eigenvalue weighted by Gasteiger charge is -2.04. The molecule has 0 fully saturated rings. The number of hydrogen-bond donors (Lipinski definition) is 1. The second kappa shape index (κ2) is 8.34. The van der Waals surface area contributed by atoms with Gasteiger partial charge in [0.15, 0.2) is 0 Å². The summed E-state index contributed by atoms with van der Waals surface area (Å²) >= 11 is 7.04. The van der Waals surface area contributed by atoms with Gasteiger partial charge in [0.1, 0.15) is 10.6 Å². The highest BCUT2D eigenvalue weighted by molar-refractivity contribution is 7.89. The third-order valence-electron chi connectivity index (χ3n) is 3.32. The SMILES string of the molecule is O=C(Oc1ccc(/C=N/NS(=O)(=O)c2ccc(Cl)cc2)cc1)c1cccs1. The highest BCUT2D eigenvalue weighted by Gasteiger charge is 2.12. The van der Waals surface area contributed by atoms with E-state index in [1.54, 1.807) is 41.8 Å². The second-order valence-corrected chi connectivity index (χ2v) is 8.29. The van der Waals surface area contributed by atoms with Gasteiger partial charge >= 0.3 is 5.97 Å². The average Bonchev–Trinajstić information content (AvgIpc) is 3.18. The van der Waals surface area contributed by atoms with Gasteiger partial charge in [-0.25, -0.2) is 9.63 Å². The maximum atomic E-state index is 12.1. The van der Waals surface area contributed by atoms with E-state index >= 15 is 0 Å². The Morgan fingerprint density at radius 2 is 1.78 bits per heavy atom. The number of hydrazone groups is 1. The summed E-state index contributed by atoms with van der Waals surface area (Å²) in [6.45, 7) is 0. The van der Waals surface area contributed by atoms with Crippen molar-refractivity contribution in [3.63, 3.8) is 0 Å². The van der Waals surface area contributed by atoms with Crippen LogP contribution < -0.4 is 9.57 Å². The molecule has 0 aliphatic heterocycles. The van der Waals surface area contributed by atoms with Crippen LogP contribution in [0.25, 0.3) is 0 Å². The van der Waals surface area contributed by atoms with E-state index in [1.807, 2.05) is 0 Å². The van der Waals surface area contributed by atoms with Gasteiger partial charge in [0.05, 0.1) is 11.1 Å². The summed E-state index contributed by atoms with van der Waals surface area (Å²) in [7, 11) is -3.77. The highest BCUT2D eigenvalue weighted by atomic mass is 35.5.